The van der Waals surface area contributed by atoms with Crippen LogP contribution in [0.15, 0.2) is 23.8 Å². The van der Waals surface area contributed by atoms with Crippen molar-refractivity contribution in [1.82, 2.24) is 9.80 Å². The predicted octanol–water partition coefficient (Wildman–Crippen LogP) is 1.63. The van der Waals surface area contributed by atoms with Gasteiger partial charge in [0.2, 0.25) is 0 Å². The molecule has 14 heavy (non-hydrogen) atoms. The molecule has 0 aromatic carbocycles. The summed E-state index contributed by atoms with van der Waals surface area (Å²) in [5, 5.41) is 0. The summed E-state index contributed by atoms with van der Waals surface area (Å²) in [6.07, 6.45) is 7.26. The fourth-order valence-electron chi connectivity index (χ4n) is 2.00. The molecule has 76 valence electrons. The van der Waals surface area contributed by atoms with E-state index in [2.05, 4.69) is 25.2 Å². The molecule has 0 bridgehead atoms. The van der Waals surface area contributed by atoms with Crippen molar-refractivity contribution >= 4 is 6.03 Å². The zero-order chi connectivity index (χ0) is 10.1. The Bertz CT molecular complexity index is 306. The van der Waals surface area contributed by atoms with Gasteiger partial charge in [-0.1, -0.05) is 23.8 Å². The van der Waals surface area contributed by atoms with E-state index in [0.717, 1.165) is 19.5 Å². The summed E-state index contributed by atoms with van der Waals surface area (Å²) in [4.78, 5) is 15.4. The van der Waals surface area contributed by atoms with Crippen molar-refractivity contribution in [3.05, 3.63) is 23.8 Å². The largest absolute Gasteiger partial charge is 0.326 e. The smallest absolute Gasteiger partial charge is 0.320 e. The lowest BCUT2D eigenvalue weighted by Gasteiger charge is -2.26. The van der Waals surface area contributed by atoms with Crippen LogP contribution in [0.25, 0.3) is 0 Å². The molecule has 3 nitrogen and oxygen atoms in total. The molecule has 2 amide bonds. The Morgan fingerprint density at radius 3 is 2.79 bits per heavy atom. The van der Waals surface area contributed by atoms with E-state index < -0.39 is 0 Å². The normalized spacial score (nSPS) is 27.1. The van der Waals surface area contributed by atoms with E-state index in [1.165, 1.54) is 5.57 Å². The van der Waals surface area contributed by atoms with Crippen LogP contribution in [-0.2, 0) is 0 Å². The number of carbonyl (C=O) groups is 1. The van der Waals surface area contributed by atoms with Crippen LogP contribution in [0, 0.1) is 0 Å². The van der Waals surface area contributed by atoms with Gasteiger partial charge >= 0.3 is 6.03 Å². The molecule has 0 saturated carbocycles. The van der Waals surface area contributed by atoms with Gasteiger partial charge in [-0.15, -0.1) is 0 Å². The zero-order valence-corrected chi connectivity index (χ0v) is 8.73. The van der Waals surface area contributed by atoms with E-state index in [0.29, 0.717) is 0 Å². The van der Waals surface area contributed by atoms with E-state index in [1.807, 2.05) is 11.9 Å². The maximum absolute atomic E-state index is 11.7. The summed E-state index contributed by atoms with van der Waals surface area (Å²) in [5.74, 6) is 0. The lowest BCUT2D eigenvalue weighted by atomic mass is 10.0. The van der Waals surface area contributed by atoms with Crippen LogP contribution in [-0.4, -0.2) is 42.0 Å². The van der Waals surface area contributed by atoms with Crippen LogP contribution in [0.5, 0.6) is 0 Å². The molecule has 0 aromatic rings. The van der Waals surface area contributed by atoms with Gasteiger partial charge in [-0.05, 0) is 13.3 Å². The van der Waals surface area contributed by atoms with E-state index in [9.17, 15) is 4.79 Å². The zero-order valence-electron chi connectivity index (χ0n) is 8.73. The second kappa shape index (κ2) is 3.48. The Morgan fingerprint density at radius 2 is 2.21 bits per heavy atom. The summed E-state index contributed by atoms with van der Waals surface area (Å²) in [6, 6.07) is 0.437. The van der Waals surface area contributed by atoms with Gasteiger partial charge in [0.05, 0.1) is 6.04 Å². The van der Waals surface area contributed by atoms with Crippen molar-refractivity contribution in [2.24, 2.45) is 0 Å². The third-order valence-electron chi connectivity index (χ3n) is 2.89. The standard InChI is InChI=1S/C11H16N2O/c1-9-4-3-5-10(8-9)13-7-6-12(2)11(13)14/h3-5,10H,6-8H2,1-2H3. The van der Waals surface area contributed by atoms with Gasteiger partial charge in [-0.25, -0.2) is 4.79 Å². The highest BCUT2D eigenvalue weighted by Crippen LogP contribution is 2.20. The highest BCUT2D eigenvalue weighted by molar-refractivity contribution is 5.76. The summed E-state index contributed by atoms with van der Waals surface area (Å²) in [5.41, 5.74) is 1.35. The van der Waals surface area contributed by atoms with Crippen molar-refractivity contribution in [1.29, 1.82) is 0 Å². The SMILES string of the molecule is CC1=CC=CC(N2CCN(C)C2=O)C1. The lowest BCUT2D eigenvalue weighted by molar-refractivity contribution is 0.190. The van der Waals surface area contributed by atoms with Crippen molar-refractivity contribution in [3.63, 3.8) is 0 Å². The van der Waals surface area contributed by atoms with Gasteiger partial charge in [-0.2, -0.15) is 0 Å². The maximum atomic E-state index is 11.7. The molecule has 0 radical (unpaired) electrons. The molecule has 1 atom stereocenters. The minimum absolute atomic E-state index is 0.161. The van der Waals surface area contributed by atoms with E-state index in [-0.39, 0.29) is 12.1 Å². The first kappa shape index (κ1) is 9.31. The summed E-state index contributed by atoms with van der Waals surface area (Å²) >= 11 is 0. The first-order valence-electron chi connectivity index (χ1n) is 5.04. The van der Waals surface area contributed by atoms with Crippen molar-refractivity contribution in [3.8, 4) is 0 Å². The number of amides is 2. The predicted molar refractivity (Wildman–Crippen MR) is 56.0 cm³/mol. The van der Waals surface area contributed by atoms with Crippen LogP contribution in [0.4, 0.5) is 4.79 Å². The fourth-order valence-corrected chi connectivity index (χ4v) is 2.00. The summed E-state index contributed by atoms with van der Waals surface area (Å²) < 4.78 is 0. The van der Waals surface area contributed by atoms with Gasteiger partial charge in [0.1, 0.15) is 0 Å². The molecule has 1 fully saturated rings. The molecule has 0 spiro atoms. The van der Waals surface area contributed by atoms with Gasteiger partial charge in [-0.3, -0.25) is 0 Å². The highest BCUT2D eigenvalue weighted by atomic mass is 16.2. The molecule has 1 unspecified atom stereocenters. The van der Waals surface area contributed by atoms with E-state index in [4.69, 9.17) is 0 Å². The van der Waals surface area contributed by atoms with E-state index in [1.54, 1.807) is 4.90 Å². The summed E-state index contributed by atoms with van der Waals surface area (Å²) in [7, 11) is 1.86. The molecule has 0 N–H and O–H groups in total. The van der Waals surface area contributed by atoms with Gasteiger partial charge < -0.3 is 9.80 Å². The molecular weight excluding hydrogens is 176 g/mol. The quantitative estimate of drug-likeness (QED) is 0.619. The molecule has 2 rings (SSSR count). The van der Waals surface area contributed by atoms with Crippen LogP contribution in [0.2, 0.25) is 0 Å². The number of rotatable bonds is 1. The highest BCUT2D eigenvalue weighted by Gasteiger charge is 2.30. The van der Waals surface area contributed by atoms with Crippen molar-refractivity contribution in [2.75, 3.05) is 20.1 Å². The first-order chi connectivity index (χ1) is 6.68. The molecule has 1 aliphatic heterocycles. The molecule has 1 aliphatic carbocycles. The molecule has 1 heterocycles. The van der Waals surface area contributed by atoms with Crippen molar-refractivity contribution < 1.29 is 4.79 Å². The Morgan fingerprint density at radius 1 is 1.43 bits per heavy atom. The van der Waals surface area contributed by atoms with Crippen LogP contribution in [0.3, 0.4) is 0 Å². The molecule has 0 aromatic heterocycles. The lowest BCUT2D eigenvalue weighted by Crippen LogP contribution is -2.37. The van der Waals surface area contributed by atoms with Crippen LogP contribution in [0.1, 0.15) is 13.3 Å². The van der Waals surface area contributed by atoms with E-state index >= 15 is 0 Å². The average Bonchev–Trinajstić information content (AvgIpc) is 2.48. The van der Waals surface area contributed by atoms with Crippen molar-refractivity contribution in [2.45, 2.75) is 19.4 Å². The average molecular weight is 192 g/mol. The molecule has 1 saturated heterocycles. The fraction of sp³-hybridized carbons (Fsp3) is 0.545. The topological polar surface area (TPSA) is 23.6 Å². The number of nitrogens with zero attached hydrogens (tertiary/aromatic N) is 2. The van der Waals surface area contributed by atoms with Gasteiger partial charge in [0.25, 0.3) is 0 Å². The molecular formula is C11H16N2O. The Labute approximate surface area is 84.7 Å². The number of likely N-dealkylation sites (N-methyl/N-ethyl adjacent to an activating group) is 1. The first-order valence-corrected chi connectivity index (χ1v) is 5.04. The maximum Gasteiger partial charge on any atom is 0.320 e. The Hall–Kier alpha value is -1.25. The number of carbonyl (C=O) groups excluding carboxylic acids is 1. The Balaban J connectivity index is 2.07. The Kier molecular flexibility index (Phi) is 2.32. The number of hydrogen-bond acceptors (Lipinski definition) is 1. The third kappa shape index (κ3) is 1.54. The van der Waals surface area contributed by atoms with Gasteiger partial charge in [0.15, 0.2) is 0 Å². The van der Waals surface area contributed by atoms with Gasteiger partial charge in [0, 0.05) is 20.1 Å². The second-order valence-corrected chi connectivity index (χ2v) is 4.07. The molecule has 2 aliphatic rings. The third-order valence-corrected chi connectivity index (χ3v) is 2.89. The minimum atomic E-state index is 0.161. The molecule has 3 heteroatoms. The summed E-state index contributed by atoms with van der Waals surface area (Å²) in [6.45, 7) is 3.82. The monoisotopic (exact) mass is 192 g/mol. The second-order valence-electron chi connectivity index (χ2n) is 4.07. The number of urea groups is 1. The van der Waals surface area contributed by atoms with Crippen LogP contribution < -0.4 is 0 Å². The number of hydrogen-bond donors (Lipinski definition) is 0. The minimum Gasteiger partial charge on any atom is -0.326 e. The number of allylic oxidation sites excluding steroid dienone is 2. The van der Waals surface area contributed by atoms with Crippen LogP contribution >= 0.6 is 0 Å².